The van der Waals surface area contributed by atoms with E-state index in [1.165, 1.54) is 0 Å². The van der Waals surface area contributed by atoms with E-state index < -0.39 is 35.3 Å². The lowest BCUT2D eigenvalue weighted by Crippen LogP contribution is -2.67. The van der Waals surface area contributed by atoms with Crippen LogP contribution in [0.5, 0.6) is 0 Å². The SMILES string of the molecule is CC(C)(C)OC(=O)NC(=O)[C@](N)(OCc1ccccc1)C(O)C(N)=O. The number of hydrogen-bond acceptors (Lipinski definition) is 7. The van der Waals surface area contributed by atoms with Crippen molar-refractivity contribution < 1.29 is 29.0 Å². The fourth-order valence-electron chi connectivity index (χ4n) is 1.75. The van der Waals surface area contributed by atoms with Crippen molar-refractivity contribution in [1.29, 1.82) is 0 Å². The van der Waals surface area contributed by atoms with Gasteiger partial charge in [0.1, 0.15) is 5.60 Å². The first kappa shape index (κ1) is 20.6. The summed E-state index contributed by atoms with van der Waals surface area (Å²) in [7, 11) is 0. The molecule has 0 bridgehead atoms. The van der Waals surface area contributed by atoms with Crippen molar-refractivity contribution in [2.45, 2.75) is 44.8 Å². The van der Waals surface area contributed by atoms with Crippen LogP contribution in [0.2, 0.25) is 0 Å². The normalized spacial score (nSPS) is 14.9. The number of aliphatic hydroxyl groups excluding tert-OH is 1. The fraction of sp³-hybridized carbons (Fsp3) is 0.438. The summed E-state index contributed by atoms with van der Waals surface area (Å²) in [5, 5.41) is 11.7. The molecule has 0 saturated carbocycles. The van der Waals surface area contributed by atoms with E-state index in [0.717, 1.165) is 0 Å². The Labute approximate surface area is 145 Å². The minimum Gasteiger partial charge on any atom is -0.444 e. The Bertz CT molecular complexity index is 629. The molecule has 3 amide bonds. The molecule has 25 heavy (non-hydrogen) atoms. The molecule has 1 aromatic rings. The largest absolute Gasteiger partial charge is 0.444 e. The van der Waals surface area contributed by atoms with Gasteiger partial charge >= 0.3 is 6.09 Å². The zero-order valence-electron chi connectivity index (χ0n) is 14.3. The van der Waals surface area contributed by atoms with Gasteiger partial charge < -0.3 is 20.3 Å². The van der Waals surface area contributed by atoms with Gasteiger partial charge in [-0.15, -0.1) is 0 Å². The van der Waals surface area contributed by atoms with Gasteiger partial charge in [0.05, 0.1) is 6.61 Å². The van der Waals surface area contributed by atoms with Crippen LogP contribution in [0, 0.1) is 0 Å². The van der Waals surface area contributed by atoms with Crippen molar-refractivity contribution in [3.05, 3.63) is 35.9 Å². The smallest absolute Gasteiger partial charge is 0.414 e. The topological polar surface area (TPSA) is 154 Å². The van der Waals surface area contributed by atoms with E-state index in [4.69, 9.17) is 20.9 Å². The average molecular weight is 353 g/mol. The number of nitrogens with two attached hydrogens (primary N) is 2. The number of imide groups is 1. The molecule has 1 unspecified atom stereocenters. The Morgan fingerprint density at radius 1 is 1.20 bits per heavy atom. The molecule has 0 saturated heterocycles. The van der Waals surface area contributed by atoms with Crippen molar-refractivity contribution in [1.82, 2.24) is 5.32 Å². The van der Waals surface area contributed by atoms with Gasteiger partial charge in [-0.25, -0.2) is 4.79 Å². The standard InChI is InChI=1S/C16H23N3O6/c1-15(2,3)25-14(23)19-13(22)16(18,11(20)12(17)21)24-9-10-7-5-4-6-8-10/h4-8,11,20H,9,18H2,1-3H3,(H2,17,21)(H,19,22,23)/t11?,16-/m1/s1. The Balaban J connectivity index is 2.92. The highest BCUT2D eigenvalue weighted by molar-refractivity contribution is 6.00. The number of amides is 3. The van der Waals surface area contributed by atoms with E-state index in [1.54, 1.807) is 51.1 Å². The number of rotatable bonds is 6. The molecule has 0 radical (unpaired) electrons. The number of carbonyl (C=O) groups excluding carboxylic acids is 3. The highest BCUT2D eigenvalue weighted by Gasteiger charge is 2.47. The van der Waals surface area contributed by atoms with Crippen LogP contribution in [0.15, 0.2) is 30.3 Å². The van der Waals surface area contributed by atoms with Gasteiger partial charge in [0, 0.05) is 0 Å². The summed E-state index contributed by atoms with van der Waals surface area (Å²) in [6.45, 7) is 4.58. The third-order valence-electron chi connectivity index (χ3n) is 2.97. The van der Waals surface area contributed by atoms with Crippen molar-refractivity contribution >= 4 is 17.9 Å². The molecule has 0 aromatic heterocycles. The van der Waals surface area contributed by atoms with E-state index in [0.29, 0.717) is 5.56 Å². The lowest BCUT2D eigenvalue weighted by Gasteiger charge is -2.31. The van der Waals surface area contributed by atoms with Gasteiger partial charge in [-0.2, -0.15) is 0 Å². The quantitative estimate of drug-likeness (QED) is 0.514. The second-order valence-corrected chi connectivity index (χ2v) is 6.33. The maximum Gasteiger partial charge on any atom is 0.414 e. The average Bonchev–Trinajstić information content (AvgIpc) is 2.50. The van der Waals surface area contributed by atoms with Gasteiger partial charge in [-0.05, 0) is 26.3 Å². The summed E-state index contributed by atoms with van der Waals surface area (Å²) in [5.41, 5.74) is 7.96. The Morgan fingerprint density at radius 3 is 2.24 bits per heavy atom. The van der Waals surface area contributed by atoms with E-state index in [2.05, 4.69) is 0 Å². The van der Waals surface area contributed by atoms with Crippen molar-refractivity contribution in [2.24, 2.45) is 11.5 Å². The maximum atomic E-state index is 12.3. The molecular weight excluding hydrogens is 330 g/mol. The van der Waals surface area contributed by atoms with Crippen LogP contribution in [0.25, 0.3) is 0 Å². The molecule has 0 aliphatic heterocycles. The molecule has 138 valence electrons. The minimum atomic E-state index is -2.57. The molecule has 0 spiro atoms. The lowest BCUT2D eigenvalue weighted by atomic mass is 10.1. The van der Waals surface area contributed by atoms with Crippen LogP contribution in [0.1, 0.15) is 26.3 Å². The number of carbonyl (C=O) groups is 3. The van der Waals surface area contributed by atoms with Crippen LogP contribution in [0.3, 0.4) is 0 Å². The van der Waals surface area contributed by atoms with Gasteiger partial charge in [-0.1, -0.05) is 30.3 Å². The number of hydrogen-bond donors (Lipinski definition) is 4. The van der Waals surface area contributed by atoms with Gasteiger partial charge in [0.25, 0.3) is 11.8 Å². The third kappa shape index (κ3) is 6.14. The molecule has 0 aliphatic carbocycles. The van der Waals surface area contributed by atoms with Crippen molar-refractivity contribution in [3.8, 4) is 0 Å². The number of ether oxygens (including phenoxy) is 2. The zero-order chi connectivity index (χ0) is 19.3. The summed E-state index contributed by atoms with van der Waals surface area (Å²) in [6, 6.07) is 8.59. The van der Waals surface area contributed by atoms with E-state index >= 15 is 0 Å². The summed E-state index contributed by atoms with van der Waals surface area (Å²) in [6.07, 6.45) is -3.29. The summed E-state index contributed by atoms with van der Waals surface area (Å²) in [4.78, 5) is 35.3. The molecular formula is C16H23N3O6. The van der Waals surface area contributed by atoms with Crippen LogP contribution in [-0.2, 0) is 25.7 Å². The molecule has 1 rings (SSSR count). The molecule has 0 heterocycles. The maximum absolute atomic E-state index is 12.3. The van der Waals surface area contributed by atoms with Crippen LogP contribution >= 0.6 is 0 Å². The Morgan fingerprint density at radius 2 is 1.76 bits per heavy atom. The van der Waals surface area contributed by atoms with Crippen molar-refractivity contribution in [3.63, 3.8) is 0 Å². The first-order valence-electron chi connectivity index (χ1n) is 7.44. The molecule has 9 heteroatoms. The number of alkyl carbamates (subject to hydrolysis) is 1. The number of nitrogens with one attached hydrogen (secondary N) is 1. The van der Waals surface area contributed by atoms with E-state index in [9.17, 15) is 19.5 Å². The Hall–Kier alpha value is -2.49. The summed E-state index contributed by atoms with van der Waals surface area (Å²) < 4.78 is 10.2. The van der Waals surface area contributed by atoms with Gasteiger partial charge in [0.2, 0.25) is 5.72 Å². The monoisotopic (exact) mass is 353 g/mol. The van der Waals surface area contributed by atoms with E-state index in [-0.39, 0.29) is 6.61 Å². The van der Waals surface area contributed by atoms with Crippen LogP contribution < -0.4 is 16.8 Å². The molecule has 0 fully saturated rings. The first-order valence-corrected chi connectivity index (χ1v) is 7.44. The minimum absolute atomic E-state index is 0.205. The summed E-state index contributed by atoms with van der Waals surface area (Å²) >= 11 is 0. The second kappa shape index (κ2) is 8.06. The molecule has 1 aromatic carbocycles. The van der Waals surface area contributed by atoms with E-state index in [1.807, 2.05) is 5.32 Å². The number of benzene rings is 1. The fourth-order valence-corrected chi connectivity index (χ4v) is 1.75. The predicted octanol–water partition coefficient (Wildman–Crippen LogP) is -0.244. The Kier molecular flexibility index (Phi) is 6.63. The molecule has 6 N–H and O–H groups in total. The highest BCUT2D eigenvalue weighted by Crippen LogP contribution is 2.15. The lowest BCUT2D eigenvalue weighted by molar-refractivity contribution is -0.173. The molecule has 9 nitrogen and oxygen atoms in total. The van der Waals surface area contributed by atoms with Crippen LogP contribution in [0.4, 0.5) is 4.79 Å². The highest BCUT2D eigenvalue weighted by atomic mass is 16.6. The predicted molar refractivity (Wildman–Crippen MR) is 87.7 cm³/mol. The van der Waals surface area contributed by atoms with Gasteiger partial charge in [0.15, 0.2) is 6.10 Å². The number of aliphatic hydroxyl groups is 1. The summed E-state index contributed by atoms with van der Waals surface area (Å²) in [5.74, 6) is -2.54. The zero-order valence-corrected chi connectivity index (χ0v) is 14.3. The van der Waals surface area contributed by atoms with Crippen molar-refractivity contribution in [2.75, 3.05) is 0 Å². The molecule has 0 aliphatic rings. The third-order valence-corrected chi connectivity index (χ3v) is 2.97. The van der Waals surface area contributed by atoms with Gasteiger partial charge in [-0.3, -0.25) is 20.6 Å². The number of primary amides is 1. The first-order chi connectivity index (χ1) is 11.5. The van der Waals surface area contributed by atoms with Crippen LogP contribution in [-0.4, -0.2) is 40.4 Å². The molecule has 2 atom stereocenters. The second-order valence-electron chi connectivity index (χ2n) is 6.33.